The summed E-state index contributed by atoms with van der Waals surface area (Å²) >= 11 is 7.70. The summed E-state index contributed by atoms with van der Waals surface area (Å²) in [6.45, 7) is -1.11. The first-order valence-corrected chi connectivity index (χ1v) is 25.4. The first-order valence-electron chi connectivity index (χ1n) is 23.1. The smallest absolute Gasteiger partial charge is 0.491 e. The fourth-order valence-electron chi connectivity index (χ4n) is 6.89. The van der Waals surface area contributed by atoms with Crippen molar-refractivity contribution < 1.29 is 79.5 Å². The van der Waals surface area contributed by atoms with E-state index < -0.39 is 66.2 Å². The van der Waals surface area contributed by atoms with Crippen LogP contribution in [0.1, 0.15) is 55.2 Å². The second-order valence-electron chi connectivity index (χ2n) is 15.9. The number of ether oxygens (including phenoxy) is 7. The molecule has 0 saturated heterocycles. The molecule has 4 unspecified atom stereocenters. The Bertz CT molecular complexity index is 2850. The number of amides is 2. The molecule has 0 bridgehead atoms. The summed E-state index contributed by atoms with van der Waals surface area (Å²) < 4.78 is 90.0. The van der Waals surface area contributed by atoms with Crippen LogP contribution in [0.3, 0.4) is 0 Å². The molecule has 406 valence electrons. The Kier molecular flexibility index (Phi) is 24.8. The molecule has 4 atom stereocenters. The van der Waals surface area contributed by atoms with Crippen molar-refractivity contribution in [3.63, 3.8) is 0 Å². The molecule has 6 rings (SSSR count). The molecule has 6 aromatic carbocycles. The van der Waals surface area contributed by atoms with Crippen LogP contribution < -0.4 is 24.8 Å². The van der Waals surface area contributed by atoms with Crippen LogP contribution in [0.2, 0.25) is 5.02 Å². The van der Waals surface area contributed by atoms with Gasteiger partial charge in [-0.2, -0.15) is 0 Å². The van der Waals surface area contributed by atoms with E-state index in [1.54, 1.807) is 115 Å². The molecule has 0 aliphatic carbocycles. The maximum atomic E-state index is 14.5. The van der Waals surface area contributed by atoms with E-state index in [1.807, 2.05) is 0 Å². The van der Waals surface area contributed by atoms with Crippen LogP contribution in [0.25, 0.3) is 0 Å². The third-order valence-corrected chi connectivity index (χ3v) is 12.6. The van der Waals surface area contributed by atoms with E-state index in [1.165, 1.54) is 38.4 Å². The zero-order chi connectivity index (χ0) is 55.6. The van der Waals surface area contributed by atoms with Crippen molar-refractivity contribution in [1.29, 1.82) is 0 Å². The Morgan fingerprint density at radius 2 is 1.08 bits per heavy atom. The van der Waals surface area contributed by atoms with Gasteiger partial charge in [0, 0.05) is 24.7 Å². The molecular weight excluding hydrogens is 1070 g/mol. The first kappa shape index (κ1) is 60.4. The summed E-state index contributed by atoms with van der Waals surface area (Å²) in [7, 11) is 3.01. The van der Waals surface area contributed by atoms with Crippen molar-refractivity contribution in [3.05, 3.63) is 196 Å². The predicted octanol–water partition coefficient (Wildman–Crippen LogP) is 10.1. The lowest BCUT2D eigenvalue weighted by molar-refractivity contribution is -0.274. The van der Waals surface area contributed by atoms with E-state index in [-0.39, 0.29) is 36.2 Å². The maximum Gasteiger partial charge on any atom is 0.573 e. The van der Waals surface area contributed by atoms with Crippen LogP contribution >= 0.6 is 35.1 Å². The van der Waals surface area contributed by atoms with Crippen molar-refractivity contribution in [2.45, 2.75) is 41.9 Å². The minimum atomic E-state index is -4.88. The predicted molar refractivity (Wildman–Crippen MR) is 281 cm³/mol. The molecule has 2 amide bonds. The molecule has 0 radical (unpaired) electrons. The van der Waals surface area contributed by atoms with Crippen molar-refractivity contribution in [3.8, 4) is 17.2 Å². The van der Waals surface area contributed by atoms with Gasteiger partial charge in [-0.3, -0.25) is 19.2 Å². The number of nitrogens with one attached hydrogen (secondary N) is 2. The third kappa shape index (κ3) is 20.9. The number of alkyl halides is 3. The Labute approximate surface area is 454 Å². The van der Waals surface area contributed by atoms with Gasteiger partial charge in [-0.15, -0.1) is 13.2 Å². The lowest BCUT2D eigenvalue weighted by atomic mass is 10.1. The lowest BCUT2D eigenvalue weighted by Crippen LogP contribution is -2.31. The van der Waals surface area contributed by atoms with Crippen molar-refractivity contribution in [2.24, 2.45) is 0 Å². The number of carbonyl (C=O) groups excluding carboxylic acids is 6. The molecule has 22 heteroatoms. The summed E-state index contributed by atoms with van der Waals surface area (Å²) in [5.74, 6) is -1.80. The lowest BCUT2D eigenvalue weighted by Gasteiger charge is -2.20. The van der Waals surface area contributed by atoms with Crippen LogP contribution in [0.15, 0.2) is 152 Å². The van der Waals surface area contributed by atoms with Crippen LogP contribution in [-0.4, -0.2) is 92.7 Å². The van der Waals surface area contributed by atoms with E-state index in [9.17, 15) is 46.3 Å². The normalized spacial score (nSPS) is 12.5. The highest BCUT2D eigenvalue weighted by Crippen LogP contribution is 2.29. The largest absolute Gasteiger partial charge is 0.573 e. The average molecular weight is 1120 g/mol. The summed E-state index contributed by atoms with van der Waals surface area (Å²) in [5.41, 5.74) is 4.00. The molecule has 0 aromatic heterocycles. The highest BCUT2D eigenvalue weighted by Gasteiger charge is 2.31. The van der Waals surface area contributed by atoms with E-state index in [0.29, 0.717) is 51.7 Å². The molecule has 0 aliphatic heterocycles. The monoisotopic (exact) mass is 1120 g/mol. The zero-order valence-electron chi connectivity index (χ0n) is 41.2. The zero-order valence-corrected chi connectivity index (χ0v) is 43.5. The Morgan fingerprint density at radius 3 is 1.60 bits per heavy atom. The highest BCUT2D eigenvalue weighted by molar-refractivity contribution is 8.13. The number of thioether (sulfide) groups is 2. The van der Waals surface area contributed by atoms with Gasteiger partial charge in [0.15, 0.2) is 24.8 Å². The van der Waals surface area contributed by atoms with Gasteiger partial charge in [0.05, 0.1) is 21.6 Å². The minimum Gasteiger partial charge on any atom is -0.491 e. The van der Waals surface area contributed by atoms with Crippen molar-refractivity contribution >= 4 is 70.1 Å². The van der Waals surface area contributed by atoms with Gasteiger partial charge < -0.3 is 43.8 Å². The first-order chi connectivity index (χ1) is 37.1. The molecule has 77 heavy (non-hydrogen) atoms. The van der Waals surface area contributed by atoms with Gasteiger partial charge in [0.2, 0.25) is 11.8 Å². The number of halogens is 5. The van der Waals surface area contributed by atoms with Gasteiger partial charge in [-0.05, 0) is 102 Å². The van der Waals surface area contributed by atoms with E-state index in [2.05, 4.69) is 15.4 Å². The molecule has 0 saturated carbocycles. The number of benzene rings is 6. The van der Waals surface area contributed by atoms with Gasteiger partial charge in [-0.1, -0.05) is 114 Å². The molecule has 6 aromatic rings. The van der Waals surface area contributed by atoms with Crippen LogP contribution in [0.4, 0.5) is 17.6 Å². The number of rotatable bonds is 27. The molecule has 0 heterocycles. The minimum absolute atomic E-state index is 0.0587. The number of hydrogen-bond acceptors (Lipinski definition) is 15. The standard InChI is InChI=1S/C28H26F3NO7S.C27H25ClFNO6S/c1-32-26(34)25(40-17-33)14-19-10-12-22(13-11-19)36-16-24(21-8-5-9-23(15-21)39-28(29,30)31)37-18-38-27(35)20-6-3-2-4-7-20;1-30-26(32)25(37-16-31)13-18-9-11-21(12-10-18)34-15-24(22-7-2-3-8-23(22)29)35-17-36-27(33)19-5-4-6-20(28)14-19/h2-13,15,17,24-25H,14,16,18H2,1H3,(H,32,34);2-12,14,16,24-25H,13,15,17H2,1H3,(H,30,32). The fourth-order valence-corrected chi connectivity index (χ4v) is 8.41. The van der Waals surface area contributed by atoms with Crippen LogP contribution in [-0.2, 0) is 51.0 Å². The molecule has 15 nitrogen and oxygen atoms in total. The second-order valence-corrected chi connectivity index (χ2v) is 18.4. The Balaban J connectivity index is 0.000000285. The van der Waals surface area contributed by atoms with E-state index in [0.717, 1.165) is 46.8 Å². The van der Waals surface area contributed by atoms with Crippen molar-refractivity contribution in [2.75, 3.05) is 40.9 Å². The number of hydrogen-bond donors (Lipinski definition) is 2. The summed E-state index contributed by atoms with van der Waals surface area (Å²) in [5, 5.41) is 4.33. The van der Waals surface area contributed by atoms with Crippen LogP contribution in [0.5, 0.6) is 17.2 Å². The fraction of sp³-hybridized carbons (Fsp3) is 0.236. The van der Waals surface area contributed by atoms with Gasteiger partial charge in [-0.25, -0.2) is 14.0 Å². The molecule has 0 spiro atoms. The van der Waals surface area contributed by atoms with Gasteiger partial charge in [0.25, 0.3) is 0 Å². The highest BCUT2D eigenvalue weighted by atomic mass is 35.5. The van der Waals surface area contributed by atoms with Crippen molar-refractivity contribution in [1.82, 2.24) is 10.6 Å². The van der Waals surface area contributed by atoms with Gasteiger partial charge in [0.1, 0.15) is 48.5 Å². The molecule has 0 aliphatic rings. The molecule has 2 N–H and O–H groups in total. The number of esters is 2. The Hall–Kier alpha value is -7.43. The topological polar surface area (TPSA) is 191 Å². The summed E-state index contributed by atoms with van der Waals surface area (Å²) in [6, 6.07) is 39.6. The molecule has 0 fully saturated rings. The third-order valence-electron chi connectivity index (χ3n) is 10.7. The molecular formula is C55H51ClF4N2O13S2. The number of carbonyl (C=O) groups is 6. The SMILES string of the molecule is CNC(=O)C(Cc1ccc(OCC(OCOC(=O)c2cccc(Cl)c2)c2ccccc2F)cc1)SC=O.CNC(=O)C(Cc1ccc(OCC(OCOC(=O)c2ccccc2)c2cccc(OC(F)(F)F)c2)cc1)SC=O. The quantitative estimate of drug-likeness (QED) is 0.0214. The average Bonchev–Trinajstić information content (AvgIpc) is 3.43. The maximum absolute atomic E-state index is 14.5. The Morgan fingerprint density at radius 1 is 0.584 bits per heavy atom. The second kappa shape index (κ2) is 31.6. The van der Waals surface area contributed by atoms with E-state index in [4.69, 9.17) is 40.0 Å². The summed E-state index contributed by atoms with van der Waals surface area (Å²) in [4.78, 5) is 70.1. The van der Waals surface area contributed by atoms with Crippen LogP contribution in [0, 0.1) is 5.82 Å². The van der Waals surface area contributed by atoms with E-state index >= 15 is 0 Å². The van der Waals surface area contributed by atoms with Gasteiger partial charge >= 0.3 is 18.3 Å². The summed E-state index contributed by atoms with van der Waals surface area (Å²) in [6.07, 6.45) is -5.99.